The molecule has 26 heavy (non-hydrogen) atoms. The third kappa shape index (κ3) is 5.42. The van der Waals surface area contributed by atoms with Crippen molar-refractivity contribution < 1.29 is 4.79 Å². The molecule has 0 spiro atoms. The molecule has 7 nitrogen and oxygen atoms in total. The number of amides is 2. The van der Waals surface area contributed by atoms with Crippen LogP contribution in [0.15, 0.2) is 30.3 Å². The van der Waals surface area contributed by atoms with Gasteiger partial charge in [0.25, 0.3) is 0 Å². The number of aryl methyl sites for hydroxylation is 2. The number of rotatable bonds is 5. The summed E-state index contributed by atoms with van der Waals surface area (Å²) in [5, 5.41) is 12.3. The molecule has 138 valence electrons. The van der Waals surface area contributed by atoms with Crippen LogP contribution >= 0.6 is 0 Å². The van der Waals surface area contributed by atoms with Crippen molar-refractivity contribution in [1.29, 1.82) is 0 Å². The first-order valence-electron chi connectivity index (χ1n) is 9.03. The minimum absolute atomic E-state index is 0.291. The van der Waals surface area contributed by atoms with Gasteiger partial charge in [0, 0.05) is 24.0 Å². The highest BCUT2D eigenvalue weighted by Gasteiger charge is 2.13. The maximum Gasteiger partial charge on any atom is 0.326 e. The monoisotopic (exact) mass is 354 g/mol. The van der Waals surface area contributed by atoms with E-state index in [4.69, 9.17) is 0 Å². The Morgan fingerprint density at radius 3 is 2.88 bits per heavy atom. The largest absolute Gasteiger partial charge is 0.370 e. The molecular formula is C19H26N6O. The molecule has 1 aliphatic heterocycles. The summed E-state index contributed by atoms with van der Waals surface area (Å²) in [6.07, 6.45) is 2.43. The molecule has 3 rings (SSSR count). The lowest BCUT2D eigenvalue weighted by atomic mass is 10.00. The Kier molecular flexibility index (Phi) is 6.01. The lowest BCUT2D eigenvalue weighted by molar-refractivity contribution is 0.262. The Morgan fingerprint density at radius 1 is 1.23 bits per heavy atom. The van der Waals surface area contributed by atoms with Crippen LogP contribution in [-0.4, -0.2) is 35.6 Å². The third-order valence-electron chi connectivity index (χ3n) is 4.33. The zero-order chi connectivity index (χ0) is 18.4. The van der Waals surface area contributed by atoms with Crippen molar-refractivity contribution in [3.05, 3.63) is 41.6 Å². The summed E-state index contributed by atoms with van der Waals surface area (Å²) < 4.78 is 0. The summed E-state index contributed by atoms with van der Waals surface area (Å²) in [6, 6.07) is 9.16. The van der Waals surface area contributed by atoms with E-state index in [-0.39, 0.29) is 6.03 Å². The SMILES string of the molecule is Cc1cccc(NC(=O)Nc2nc(C)cc(NCC3CCCNC3)n2)c1. The maximum atomic E-state index is 12.2. The summed E-state index contributed by atoms with van der Waals surface area (Å²) in [7, 11) is 0. The molecule has 2 amide bonds. The predicted octanol–water partition coefficient (Wildman–Crippen LogP) is 3.15. The average Bonchev–Trinajstić information content (AvgIpc) is 2.60. The standard InChI is InChI=1S/C19H26N6O/c1-13-5-3-7-16(9-13)23-19(26)25-18-22-14(2)10-17(24-18)21-12-15-6-4-8-20-11-15/h3,5,7,9-10,15,20H,4,6,8,11-12H2,1-2H3,(H3,21,22,23,24,25,26). The van der Waals surface area contributed by atoms with E-state index in [0.717, 1.165) is 42.4 Å². The number of nitrogens with zero attached hydrogens (tertiary/aromatic N) is 2. The Morgan fingerprint density at radius 2 is 2.12 bits per heavy atom. The lowest BCUT2D eigenvalue weighted by Gasteiger charge is -2.23. The van der Waals surface area contributed by atoms with Crippen LogP contribution in [0.5, 0.6) is 0 Å². The zero-order valence-corrected chi connectivity index (χ0v) is 15.3. The summed E-state index contributed by atoms with van der Waals surface area (Å²) in [4.78, 5) is 20.9. The van der Waals surface area contributed by atoms with Crippen LogP contribution in [0.1, 0.15) is 24.1 Å². The van der Waals surface area contributed by atoms with Crippen LogP contribution in [0.4, 0.5) is 22.2 Å². The molecule has 1 unspecified atom stereocenters. The van der Waals surface area contributed by atoms with Gasteiger partial charge < -0.3 is 16.0 Å². The molecular weight excluding hydrogens is 328 g/mol. The first-order valence-corrected chi connectivity index (χ1v) is 9.03. The molecule has 1 fully saturated rings. The second-order valence-corrected chi connectivity index (χ2v) is 6.76. The molecule has 2 aromatic rings. The zero-order valence-electron chi connectivity index (χ0n) is 15.3. The van der Waals surface area contributed by atoms with Crippen molar-refractivity contribution in [2.24, 2.45) is 5.92 Å². The van der Waals surface area contributed by atoms with E-state index in [0.29, 0.717) is 11.9 Å². The fraction of sp³-hybridized carbons (Fsp3) is 0.421. The van der Waals surface area contributed by atoms with Crippen molar-refractivity contribution in [3.63, 3.8) is 0 Å². The van der Waals surface area contributed by atoms with Crippen molar-refractivity contribution in [1.82, 2.24) is 15.3 Å². The van der Waals surface area contributed by atoms with E-state index < -0.39 is 0 Å². The second-order valence-electron chi connectivity index (χ2n) is 6.76. The topological polar surface area (TPSA) is 91.0 Å². The van der Waals surface area contributed by atoms with E-state index in [1.54, 1.807) is 0 Å². The van der Waals surface area contributed by atoms with Crippen LogP contribution < -0.4 is 21.3 Å². The quantitative estimate of drug-likeness (QED) is 0.662. The van der Waals surface area contributed by atoms with Crippen LogP contribution in [-0.2, 0) is 0 Å². The van der Waals surface area contributed by atoms with Crippen LogP contribution in [0.2, 0.25) is 0 Å². The van der Waals surface area contributed by atoms with Gasteiger partial charge in [-0.05, 0) is 63.4 Å². The first-order chi connectivity index (χ1) is 12.6. The Hall–Kier alpha value is -2.67. The van der Waals surface area contributed by atoms with E-state index in [2.05, 4.69) is 31.2 Å². The molecule has 1 aromatic carbocycles. The highest BCUT2D eigenvalue weighted by Crippen LogP contribution is 2.14. The number of carbonyl (C=O) groups is 1. The van der Waals surface area contributed by atoms with Crippen molar-refractivity contribution >= 4 is 23.5 Å². The van der Waals surface area contributed by atoms with Gasteiger partial charge in [-0.25, -0.2) is 9.78 Å². The number of anilines is 3. The van der Waals surface area contributed by atoms with Crippen LogP contribution in [0.25, 0.3) is 0 Å². The highest BCUT2D eigenvalue weighted by atomic mass is 16.2. The molecule has 2 heterocycles. The van der Waals surface area contributed by atoms with Crippen molar-refractivity contribution in [2.45, 2.75) is 26.7 Å². The fourth-order valence-electron chi connectivity index (χ4n) is 3.05. The molecule has 7 heteroatoms. The molecule has 0 saturated carbocycles. The minimum Gasteiger partial charge on any atom is -0.370 e. The molecule has 0 aliphatic carbocycles. The lowest BCUT2D eigenvalue weighted by Crippen LogP contribution is -2.33. The molecule has 4 N–H and O–H groups in total. The van der Waals surface area contributed by atoms with Crippen molar-refractivity contribution in [3.8, 4) is 0 Å². The van der Waals surface area contributed by atoms with Gasteiger partial charge in [-0.2, -0.15) is 4.98 Å². The third-order valence-corrected chi connectivity index (χ3v) is 4.33. The molecule has 1 aliphatic rings. The molecule has 1 atom stereocenters. The minimum atomic E-state index is -0.358. The normalized spacial score (nSPS) is 16.8. The van der Waals surface area contributed by atoms with E-state index in [1.165, 1.54) is 12.8 Å². The van der Waals surface area contributed by atoms with Gasteiger partial charge in [0.1, 0.15) is 5.82 Å². The Balaban J connectivity index is 1.58. The Bertz CT molecular complexity index is 757. The average molecular weight is 354 g/mol. The van der Waals surface area contributed by atoms with E-state index in [1.807, 2.05) is 44.2 Å². The van der Waals surface area contributed by atoms with Gasteiger partial charge in [0.05, 0.1) is 0 Å². The number of benzene rings is 1. The molecule has 1 saturated heterocycles. The smallest absolute Gasteiger partial charge is 0.326 e. The van der Waals surface area contributed by atoms with Gasteiger partial charge in [0.15, 0.2) is 0 Å². The highest BCUT2D eigenvalue weighted by molar-refractivity contribution is 5.98. The number of aromatic nitrogens is 2. The van der Waals surface area contributed by atoms with Crippen LogP contribution in [0, 0.1) is 19.8 Å². The predicted molar refractivity (Wildman–Crippen MR) is 105 cm³/mol. The van der Waals surface area contributed by atoms with Gasteiger partial charge in [-0.15, -0.1) is 0 Å². The van der Waals surface area contributed by atoms with Gasteiger partial charge in [-0.1, -0.05) is 12.1 Å². The summed E-state index contributed by atoms with van der Waals surface area (Å²) >= 11 is 0. The first kappa shape index (κ1) is 18.1. The summed E-state index contributed by atoms with van der Waals surface area (Å²) in [6.45, 7) is 6.86. The number of piperidine rings is 1. The number of hydrogen-bond acceptors (Lipinski definition) is 5. The summed E-state index contributed by atoms with van der Waals surface area (Å²) in [5.41, 5.74) is 2.62. The molecule has 1 aromatic heterocycles. The maximum absolute atomic E-state index is 12.2. The number of carbonyl (C=O) groups excluding carboxylic acids is 1. The number of hydrogen-bond donors (Lipinski definition) is 4. The van der Waals surface area contributed by atoms with Gasteiger partial charge >= 0.3 is 6.03 Å². The number of urea groups is 1. The number of nitrogens with one attached hydrogen (secondary N) is 4. The molecule has 0 bridgehead atoms. The van der Waals surface area contributed by atoms with E-state index >= 15 is 0 Å². The van der Waals surface area contributed by atoms with Gasteiger partial charge in [0.2, 0.25) is 5.95 Å². The Labute approximate surface area is 154 Å². The fourth-order valence-corrected chi connectivity index (χ4v) is 3.05. The van der Waals surface area contributed by atoms with Gasteiger partial charge in [-0.3, -0.25) is 5.32 Å². The molecule has 0 radical (unpaired) electrons. The van der Waals surface area contributed by atoms with Crippen LogP contribution in [0.3, 0.4) is 0 Å². The summed E-state index contributed by atoms with van der Waals surface area (Å²) in [5.74, 6) is 1.62. The van der Waals surface area contributed by atoms with Crippen molar-refractivity contribution in [2.75, 3.05) is 35.6 Å². The second kappa shape index (κ2) is 8.62. The van der Waals surface area contributed by atoms with E-state index in [9.17, 15) is 4.79 Å².